The molecule has 396 valence electrons. The summed E-state index contributed by atoms with van der Waals surface area (Å²) < 4.78 is 50.2. The highest BCUT2D eigenvalue weighted by atomic mass is 16.6. The Kier molecular flexibility index (Phi) is 25.0. The molecule has 0 bridgehead atoms. The minimum Gasteiger partial charge on any atom is -0.494 e. The normalized spacial score (nSPS) is 17.7. The van der Waals surface area contributed by atoms with Crippen molar-refractivity contribution in [3.8, 4) is 34.5 Å². The second-order valence-electron chi connectivity index (χ2n) is 18.3. The van der Waals surface area contributed by atoms with E-state index < -0.39 is 47.9 Å². The zero-order chi connectivity index (χ0) is 52.2. The molecule has 1 unspecified atom stereocenters. The van der Waals surface area contributed by atoms with Crippen LogP contribution < -0.4 is 28.4 Å². The molecule has 1 N–H and O–H groups in total. The van der Waals surface area contributed by atoms with Crippen molar-refractivity contribution in [1.82, 2.24) is 0 Å². The summed E-state index contributed by atoms with van der Waals surface area (Å²) in [7, 11) is 0. The fourth-order valence-electron chi connectivity index (χ4n) is 8.39. The first kappa shape index (κ1) is 57.4. The molecular weight excluding hydrogens is 941 g/mol. The number of aliphatic hydroxyl groups is 1. The maximum Gasteiger partial charge on any atom is 0.330 e. The summed E-state index contributed by atoms with van der Waals surface area (Å²) >= 11 is 0. The Balaban J connectivity index is 1.02. The Morgan fingerprint density at radius 2 is 0.836 bits per heavy atom. The van der Waals surface area contributed by atoms with Gasteiger partial charge in [0.15, 0.2) is 6.29 Å². The van der Waals surface area contributed by atoms with Crippen LogP contribution in [0.4, 0.5) is 0 Å². The molecule has 2 fully saturated rings. The molecular formula is C57H72O16. The lowest BCUT2D eigenvalue weighted by Gasteiger charge is -2.27. The van der Waals surface area contributed by atoms with Gasteiger partial charge in [0.1, 0.15) is 34.5 Å². The number of benzene rings is 3. The minimum absolute atomic E-state index is 0.0710. The minimum atomic E-state index is -1.47. The summed E-state index contributed by atoms with van der Waals surface area (Å²) in [5, 5.41) is 11.1. The maximum atomic E-state index is 13.5. The predicted molar refractivity (Wildman–Crippen MR) is 269 cm³/mol. The summed E-state index contributed by atoms with van der Waals surface area (Å²) in [5.74, 6) is -1.96. The molecule has 0 saturated heterocycles. The lowest BCUT2D eigenvalue weighted by molar-refractivity contribution is -0.145. The Hall–Kier alpha value is -6.52. The van der Waals surface area contributed by atoms with Crippen LogP contribution in [0, 0.1) is 23.7 Å². The molecule has 0 amide bonds. The molecule has 0 radical (unpaired) electrons. The second kappa shape index (κ2) is 31.8. The Bertz CT molecular complexity index is 2220. The summed E-state index contributed by atoms with van der Waals surface area (Å²) in [5.41, 5.74) is 0.132. The number of rotatable bonds is 31. The lowest BCUT2D eigenvalue weighted by Crippen LogP contribution is -2.31. The Morgan fingerprint density at radius 3 is 1.23 bits per heavy atom. The van der Waals surface area contributed by atoms with Gasteiger partial charge in [-0.1, -0.05) is 26.5 Å². The SMILES string of the molecule is C=CC(=O)OCCCCCCOc1ccc(OC(=O)C2CCC(C(=O)Oc3ccc(OC(=O)C4CCC(C(=O)Oc5ccc(OCCCCCCOC(=O)C=C)cc5)CC4)c(C(O)OCCCC)c3)CC2)cc1. The van der Waals surface area contributed by atoms with Crippen LogP contribution in [0.1, 0.15) is 134 Å². The van der Waals surface area contributed by atoms with Crippen molar-refractivity contribution in [3.05, 3.63) is 97.6 Å². The zero-order valence-electron chi connectivity index (χ0n) is 42.1. The van der Waals surface area contributed by atoms with Crippen molar-refractivity contribution in [3.63, 3.8) is 0 Å². The van der Waals surface area contributed by atoms with E-state index in [-0.39, 0.29) is 41.5 Å². The van der Waals surface area contributed by atoms with E-state index in [0.717, 1.165) is 69.9 Å². The second-order valence-corrected chi connectivity index (χ2v) is 18.3. The monoisotopic (exact) mass is 1010 g/mol. The Labute approximate surface area is 428 Å². The van der Waals surface area contributed by atoms with Gasteiger partial charge in [0.2, 0.25) is 0 Å². The van der Waals surface area contributed by atoms with Crippen molar-refractivity contribution in [2.45, 2.75) is 129 Å². The van der Waals surface area contributed by atoms with Gasteiger partial charge in [-0.05, 0) is 176 Å². The van der Waals surface area contributed by atoms with Gasteiger partial charge in [0, 0.05) is 12.2 Å². The van der Waals surface area contributed by atoms with Gasteiger partial charge in [0.05, 0.1) is 62.3 Å². The van der Waals surface area contributed by atoms with Gasteiger partial charge in [-0.25, -0.2) is 9.59 Å². The van der Waals surface area contributed by atoms with E-state index in [1.165, 1.54) is 18.2 Å². The Morgan fingerprint density at radius 1 is 0.479 bits per heavy atom. The van der Waals surface area contributed by atoms with E-state index in [0.29, 0.717) is 107 Å². The van der Waals surface area contributed by atoms with E-state index in [9.17, 15) is 33.9 Å². The molecule has 0 aromatic heterocycles. The molecule has 16 nitrogen and oxygen atoms in total. The summed E-state index contributed by atoms with van der Waals surface area (Å²) in [6.45, 7) is 10.8. The van der Waals surface area contributed by atoms with Gasteiger partial charge < -0.3 is 47.7 Å². The van der Waals surface area contributed by atoms with Crippen molar-refractivity contribution in [2.24, 2.45) is 23.7 Å². The topological polar surface area (TPSA) is 206 Å². The highest BCUT2D eigenvalue weighted by molar-refractivity contribution is 5.82. The fourth-order valence-corrected chi connectivity index (χ4v) is 8.39. The number of unbranched alkanes of at least 4 members (excludes halogenated alkanes) is 7. The van der Waals surface area contributed by atoms with E-state index in [1.54, 1.807) is 48.5 Å². The largest absolute Gasteiger partial charge is 0.494 e. The average molecular weight is 1010 g/mol. The smallest absolute Gasteiger partial charge is 0.330 e. The van der Waals surface area contributed by atoms with Crippen LogP contribution in [0.2, 0.25) is 0 Å². The zero-order valence-corrected chi connectivity index (χ0v) is 42.1. The van der Waals surface area contributed by atoms with Gasteiger partial charge in [-0.2, -0.15) is 0 Å². The molecule has 0 aliphatic heterocycles. The summed E-state index contributed by atoms with van der Waals surface area (Å²) in [6, 6.07) is 18.1. The quantitative estimate of drug-likeness (QED) is 0.0209. The third-order valence-electron chi connectivity index (χ3n) is 12.8. The van der Waals surface area contributed by atoms with E-state index in [1.807, 2.05) is 6.92 Å². The van der Waals surface area contributed by atoms with Crippen LogP contribution in [-0.2, 0) is 43.0 Å². The van der Waals surface area contributed by atoms with Crippen LogP contribution in [0.15, 0.2) is 92.0 Å². The number of aliphatic hydroxyl groups excluding tert-OH is 1. The molecule has 16 heteroatoms. The molecule has 0 spiro atoms. The fraction of sp³-hybridized carbons (Fsp3) is 0.509. The standard InChI is InChI=1S/C57H72O16/c1-4-7-34-69-57(64)49-39-48(72-55(62)42-18-16-40(17-19-42)53(60)70-46-28-24-44(25-29-46)65-35-12-8-10-14-37-67-51(58)5-2)32-33-50(49)73-56(63)43-22-20-41(21-23-43)54(61)71-47-30-26-45(27-31-47)66-36-13-9-11-15-38-68-52(59)6-3/h5-6,24-33,39-43,57,64H,2-4,7-23,34-38H2,1H3. The van der Waals surface area contributed by atoms with Crippen LogP contribution in [0.25, 0.3) is 0 Å². The molecule has 1 atom stereocenters. The van der Waals surface area contributed by atoms with Crippen LogP contribution in [-0.4, -0.2) is 74.0 Å². The van der Waals surface area contributed by atoms with Crippen molar-refractivity contribution >= 4 is 35.8 Å². The molecule has 0 heterocycles. The van der Waals surface area contributed by atoms with E-state index in [2.05, 4.69) is 13.2 Å². The van der Waals surface area contributed by atoms with Crippen LogP contribution in [0.5, 0.6) is 34.5 Å². The third-order valence-corrected chi connectivity index (χ3v) is 12.8. The molecule has 2 aliphatic carbocycles. The molecule has 3 aromatic carbocycles. The highest BCUT2D eigenvalue weighted by Gasteiger charge is 2.34. The van der Waals surface area contributed by atoms with Crippen LogP contribution in [0.3, 0.4) is 0 Å². The number of hydrogen-bond acceptors (Lipinski definition) is 16. The van der Waals surface area contributed by atoms with Gasteiger partial charge in [-0.3, -0.25) is 19.2 Å². The first-order valence-corrected chi connectivity index (χ1v) is 25.8. The highest BCUT2D eigenvalue weighted by Crippen LogP contribution is 2.36. The number of ether oxygens (including phenoxy) is 9. The molecule has 2 saturated carbocycles. The van der Waals surface area contributed by atoms with Crippen molar-refractivity contribution in [1.29, 1.82) is 0 Å². The first-order valence-electron chi connectivity index (χ1n) is 25.8. The molecule has 2 aliphatic rings. The average Bonchev–Trinajstić information content (AvgIpc) is 3.41. The van der Waals surface area contributed by atoms with Crippen LogP contribution >= 0.6 is 0 Å². The van der Waals surface area contributed by atoms with E-state index in [4.69, 9.17) is 42.6 Å². The number of carbonyl (C=O) groups excluding carboxylic acids is 6. The molecule has 3 aromatic rings. The summed E-state index contributed by atoms with van der Waals surface area (Å²) in [4.78, 5) is 75.3. The van der Waals surface area contributed by atoms with Gasteiger partial charge in [-0.15, -0.1) is 0 Å². The van der Waals surface area contributed by atoms with Crippen molar-refractivity contribution in [2.75, 3.05) is 33.0 Å². The number of hydrogen-bond donors (Lipinski definition) is 1. The maximum absolute atomic E-state index is 13.5. The number of carbonyl (C=O) groups is 6. The third kappa shape index (κ3) is 20.5. The summed E-state index contributed by atoms with van der Waals surface area (Å²) in [6.07, 6.45) is 12.7. The number of esters is 6. The van der Waals surface area contributed by atoms with E-state index >= 15 is 0 Å². The van der Waals surface area contributed by atoms with Crippen molar-refractivity contribution < 1.29 is 76.5 Å². The van der Waals surface area contributed by atoms with Gasteiger partial charge in [0.25, 0.3) is 0 Å². The molecule has 5 rings (SSSR count). The predicted octanol–water partition coefficient (Wildman–Crippen LogP) is 10.5. The first-order chi connectivity index (χ1) is 35.5. The molecule has 73 heavy (non-hydrogen) atoms. The van der Waals surface area contributed by atoms with Gasteiger partial charge >= 0.3 is 35.8 Å². The lowest BCUT2D eigenvalue weighted by atomic mass is 9.82.